The molecule has 0 unspecified atom stereocenters. The molecule has 23 heavy (non-hydrogen) atoms. The Hall–Kier alpha value is -1.37. The fourth-order valence-corrected chi connectivity index (χ4v) is 4.90. The summed E-state index contributed by atoms with van der Waals surface area (Å²) in [5.74, 6) is 0.746. The Labute approximate surface area is 145 Å². The van der Waals surface area contributed by atoms with Gasteiger partial charge in [-0.2, -0.15) is 4.31 Å². The standard InChI is InChI=1S/C17H18BrNO3S/c1-22-15-5-2-4-13(12-15)17-6-3-11-19(17)23(20,21)16-9-7-14(18)8-10-16/h2,4-5,7-10,12,17H,3,6,11H2,1H3/t17-/m0/s1. The van der Waals surface area contributed by atoms with Crippen molar-refractivity contribution in [2.24, 2.45) is 0 Å². The van der Waals surface area contributed by atoms with Gasteiger partial charge >= 0.3 is 0 Å². The van der Waals surface area contributed by atoms with Gasteiger partial charge in [0.2, 0.25) is 10.0 Å². The molecule has 4 nitrogen and oxygen atoms in total. The average Bonchev–Trinajstić information content (AvgIpc) is 3.06. The fourth-order valence-electron chi connectivity index (χ4n) is 2.95. The first-order chi connectivity index (χ1) is 11.0. The molecule has 1 aliphatic heterocycles. The van der Waals surface area contributed by atoms with E-state index in [1.165, 1.54) is 0 Å². The van der Waals surface area contributed by atoms with E-state index < -0.39 is 10.0 Å². The second kappa shape index (κ2) is 6.63. The van der Waals surface area contributed by atoms with E-state index in [-0.39, 0.29) is 6.04 Å². The molecule has 2 aromatic carbocycles. The second-order valence-electron chi connectivity index (χ2n) is 5.50. The Kier molecular flexibility index (Phi) is 4.75. The lowest BCUT2D eigenvalue weighted by atomic mass is 10.1. The first-order valence-corrected chi connectivity index (χ1v) is 9.67. The maximum Gasteiger partial charge on any atom is 0.243 e. The molecule has 1 saturated heterocycles. The van der Waals surface area contributed by atoms with Crippen LogP contribution in [-0.4, -0.2) is 26.4 Å². The van der Waals surface area contributed by atoms with Crippen LogP contribution in [-0.2, 0) is 10.0 Å². The summed E-state index contributed by atoms with van der Waals surface area (Å²) in [7, 11) is -1.89. The minimum Gasteiger partial charge on any atom is -0.497 e. The van der Waals surface area contributed by atoms with Gasteiger partial charge in [-0.15, -0.1) is 0 Å². The number of rotatable bonds is 4. The molecule has 1 heterocycles. The van der Waals surface area contributed by atoms with E-state index in [2.05, 4.69) is 15.9 Å². The molecule has 0 saturated carbocycles. The largest absolute Gasteiger partial charge is 0.497 e. The van der Waals surface area contributed by atoms with Gasteiger partial charge in [0.1, 0.15) is 5.75 Å². The van der Waals surface area contributed by atoms with E-state index in [4.69, 9.17) is 4.74 Å². The third-order valence-electron chi connectivity index (χ3n) is 4.10. The molecule has 0 aromatic heterocycles. The van der Waals surface area contributed by atoms with Crippen LogP contribution in [0.4, 0.5) is 0 Å². The molecule has 1 fully saturated rings. The van der Waals surface area contributed by atoms with Crippen molar-refractivity contribution in [1.29, 1.82) is 0 Å². The zero-order chi connectivity index (χ0) is 16.4. The molecule has 0 radical (unpaired) electrons. The molecule has 6 heteroatoms. The van der Waals surface area contributed by atoms with Gasteiger partial charge in [0, 0.05) is 11.0 Å². The van der Waals surface area contributed by atoms with Gasteiger partial charge in [-0.25, -0.2) is 8.42 Å². The highest BCUT2D eigenvalue weighted by molar-refractivity contribution is 9.10. The molecular formula is C17H18BrNO3S. The van der Waals surface area contributed by atoms with E-state index in [1.54, 1.807) is 35.7 Å². The number of methoxy groups -OCH3 is 1. The quantitative estimate of drug-likeness (QED) is 0.786. The van der Waals surface area contributed by atoms with Crippen molar-refractivity contribution in [2.45, 2.75) is 23.8 Å². The Morgan fingerprint density at radius 3 is 2.61 bits per heavy atom. The van der Waals surface area contributed by atoms with Gasteiger partial charge in [-0.05, 0) is 54.8 Å². The van der Waals surface area contributed by atoms with Crippen LogP contribution in [0.25, 0.3) is 0 Å². The highest BCUT2D eigenvalue weighted by Gasteiger charge is 2.36. The number of halogens is 1. The van der Waals surface area contributed by atoms with Crippen LogP contribution in [0.5, 0.6) is 5.75 Å². The normalized spacial score (nSPS) is 19.0. The monoisotopic (exact) mass is 395 g/mol. The maximum absolute atomic E-state index is 13.0. The molecule has 0 aliphatic carbocycles. The third kappa shape index (κ3) is 3.29. The van der Waals surface area contributed by atoms with E-state index in [1.807, 2.05) is 24.3 Å². The van der Waals surface area contributed by atoms with Crippen LogP contribution < -0.4 is 4.74 Å². The van der Waals surface area contributed by atoms with Gasteiger partial charge in [0.15, 0.2) is 0 Å². The predicted molar refractivity (Wildman–Crippen MR) is 93.0 cm³/mol. The van der Waals surface area contributed by atoms with Crippen molar-refractivity contribution in [3.8, 4) is 5.75 Å². The second-order valence-corrected chi connectivity index (χ2v) is 8.31. The highest BCUT2D eigenvalue weighted by Crippen LogP contribution is 2.37. The molecule has 122 valence electrons. The number of hydrogen-bond donors (Lipinski definition) is 0. The first-order valence-electron chi connectivity index (χ1n) is 7.44. The summed E-state index contributed by atoms with van der Waals surface area (Å²) in [5.41, 5.74) is 0.975. The lowest BCUT2D eigenvalue weighted by Gasteiger charge is -2.24. The molecular weight excluding hydrogens is 378 g/mol. The van der Waals surface area contributed by atoms with Crippen LogP contribution >= 0.6 is 15.9 Å². The van der Waals surface area contributed by atoms with Crippen LogP contribution in [0.1, 0.15) is 24.4 Å². The lowest BCUT2D eigenvalue weighted by molar-refractivity contribution is 0.390. The van der Waals surface area contributed by atoms with Gasteiger partial charge in [0.25, 0.3) is 0 Å². The smallest absolute Gasteiger partial charge is 0.243 e. The van der Waals surface area contributed by atoms with Crippen LogP contribution in [0.2, 0.25) is 0 Å². The molecule has 0 spiro atoms. The Bertz CT molecular complexity index is 790. The number of hydrogen-bond acceptors (Lipinski definition) is 3. The van der Waals surface area contributed by atoms with Crippen molar-refractivity contribution in [2.75, 3.05) is 13.7 Å². The molecule has 1 atom stereocenters. The first kappa shape index (κ1) is 16.5. The molecule has 2 aromatic rings. The topological polar surface area (TPSA) is 46.6 Å². The fraction of sp³-hybridized carbons (Fsp3) is 0.294. The van der Waals surface area contributed by atoms with E-state index in [0.717, 1.165) is 28.6 Å². The zero-order valence-corrected chi connectivity index (χ0v) is 15.2. The molecule has 0 N–H and O–H groups in total. The summed E-state index contributed by atoms with van der Waals surface area (Å²) < 4.78 is 33.7. The SMILES string of the molecule is COc1cccc([C@@H]2CCCN2S(=O)(=O)c2ccc(Br)cc2)c1. The van der Waals surface area contributed by atoms with Crippen molar-refractivity contribution in [3.05, 3.63) is 58.6 Å². The zero-order valence-electron chi connectivity index (χ0n) is 12.8. The Morgan fingerprint density at radius 2 is 1.91 bits per heavy atom. The van der Waals surface area contributed by atoms with Crippen molar-refractivity contribution >= 4 is 26.0 Å². The van der Waals surface area contributed by atoms with Crippen molar-refractivity contribution in [1.82, 2.24) is 4.31 Å². The minimum atomic E-state index is -3.50. The summed E-state index contributed by atoms with van der Waals surface area (Å²) in [6.45, 7) is 0.542. The lowest BCUT2D eigenvalue weighted by Crippen LogP contribution is -2.30. The predicted octanol–water partition coefficient (Wildman–Crippen LogP) is 3.98. The number of nitrogens with zero attached hydrogens (tertiary/aromatic N) is 1. The Morgan fingerprint density at radius 1 is 1.17 bits per heavy atom. The summed E-state index contributed by atoms with van der Waals surface area (Å²) >= 11 is 3.34. The van der Waals surface area contributed by atoms with Crippen molar-refractivity contribution in [3.63, 3.8) is 0 Å². The highest BCUT2D eigenvalue weighted by atomic mass is 79.9. The minimum absolute atomic E-state index is 0.140. The van der Waals surface area contributed by atoms with Crippen LogP contribution in [0.3, 0.4) is 0 Å². The summed E-state index contributed by atoms with van der Waals surface area (Å²) in [6.07, 6.45) is 1.68. The maximum atomic E-state index is 13.0. The van der Waals surface area contributed by atoms with Crippen molar-refractivity contribution < 1.29 is 13.2 Å². The third-order valence-corrected chi connectivity index (χ3v) is 6.55. The van der Waals surface area contributed by atoms with E-state index in [0.29, 0.717) is 11.4 Å². The van der Waals surface area contributed by atoms with Crippen LogP contribution in [0, 0.1) is 0 Å². The summed E-state index contributed by atoms with van der Waals surface area (Å²) in [4.78, 5) is 0.329. The molecule has 3 rings (SSSR count). The Balaban J connectivity index is 1.96. The van der Waals surface area contributed by atoms with Gasteiger partial charge < -0.3 is 4.74 Å². The molecule has 0 amide bonds. The van der Waals surface area contributed by atoms with Gasteiger partial charge in [0.05, 0.1) is 18.0 Å². The number of ether oxygens (including phenoxy) is 1. The summed E-state index contributed by atoms with van der Waals surface area (Å²) in [5, 5.41) is 0. The van der Waals surface area contributed by atoms with Gasteiger partial charge in [-0.3, -0.25) is 0 Å². The summed E-state index contributed by atoms with van der Waals surface area (Å²) in [6, 6.07) is 14.3. The number of sulfonamides is 1. The molecule has 0 bridgehead atoms. The van der Waals surface area contributed by atoms with E-state index >= 15 is 0 Å². The van der Waals surface area contributed by atoms with Crippen LogP contribution in [0.15, 0.2) is 57.9 Å². The molecule has 1 aliphatic rings. The number of benzene rings is 2. The van der Waals surface area contributed by atoms with Gasteiger partial charge in [-0.1, -0.05) is 28.1 Å². The average molecular weight is 396 g/mol. The van der Waals surface area contributed by atoms with E-state index in [9.17, 15) is 8.42 Å².